The van der Waals surface area contributed by atoms with Crippen LogP contribution in [0.15, 0.2) is 47.4 Å². The van der Waals surface area contributed by atoms with E-state index in [4.69, 9.17) is 5.11 Å². The molecule has 122 valence electrons. The molecule has 0 atom stereocenters. The van der Waals surface area contributed by atoms with Crippen molar-refractivity contribution < 1.29 is 27.8 Å². The summed E-state index contributed by atoms with van der Waals surface area (Å²) in [6.45, 7) is 1.93. The Hall–Kier alpha value is -2.15. The fraction of sp³-hybridized carbons (Fsp3) is 0.188. The van der Waals surface area contributed by atoms with E-state index in [2.05, 4.69) is 4.74 Å². The van der Waals surface area contributed by atoms with Gasteiger partial charge in [-0.05, 0) is 36.2 Å². The van der Waals surface area contributed by atoms with Gasteiger partial charge >= 0.3 is 12.3 Å². The zero-order valence-electron chi connectivity index (χ0n) is 12.1. The molecule has 0 saturated heterocycles. The van der Waals surface area contributed by atoms with Crippen molar-refractivity contribution in [1.82, 2.24) is 0 Å². The van der Waals surface area contributed by atoms with Crippen molar-refractivity contribution in [3.8, 4) is 5.75 Å². The highest BCUT2D eigenvalue weighted by Crippen LogP contribution is 2.31. The van der Waals surface area contributed by atoms with Crippen LogP contribution < -0.4 is 4.74 Å². The first-order valence-corrected chi connectivity index (χ1v) is 7.54. The van der Waals surface area contributed by atoms with Gasteiger partial charge in [0.2, 0.25) is 0 Å². The smallest absolute Gasteiger partial charge is 0.478 e. The summed E-state index contributed by atoms with van der Waals surface area (Å²) in [6.07, 6.45) is -4.87. The van der Waals surface area contributed by atoms with Crippen LogP contribution in [-0.2, 0) is 5.75 Å². The number of carboxylic acid groups (broad SMARTS) is 1. The molecule has 2 aromatic carbocycles. The van der Waals surface area contributed by atoms with Crippen LogP contribution in [0.25, 0.3) is 0 Å². The molecule has 0 aliphatic rings. The number of hydrogen-bond acceptors (Lipinski definition) is 3. The summed E-state index contributed by atoms with van der Waals surface area (Å²) in [6, 6.07) is 11.0. The maximum atomic E-state index is 12.3. The zero-order chi connectivity index (χ0) is 17.0. The van der Waals surface area contributed by atoms with Crippen LogP contribution in [0.1, 0.15) is 21.5 Å². The first-order chi connectivity index (χ1) is 10.7. The largest absolute Gasteiger partial charge is 0.573 e. The fourth-order valence-corrected chi connectivity index (χ4v) is 2.96. The lowest BCUT2D eigenvalue weighted by molar-refractivity contribution is -0.274. The number of hydrogen-bond donors (Lipinski definition) is 1. The third-order valence-electron chi connectivity index (χ3n) is 3.02. The first-order valence-electron chi connectivity index (χ1n) is 6.56. The van der Waals surface area contributed by atoms with Crippen molar-refractivity contribution in [2.24, 2.45) is 0 Å². The SMILES string of the molecule is Cc1ccccc1CSc1cc(OC(F)(F)F)cc(C(=O)O)c1. The Balaban J connectivity index is 2.23. The number of thioether (sulfide) groups is 1. The Bertz CT molecular complexity index is 714. The number of ether oxygens (including phenoxy) is 1. The van der Waals surface area contributed by atoms with Gasteiger partial charge < -0.3 is 9.84 Å². The van der Waals surface area contributed by atoms with Gasteiger partial charge in [0.25, 0.3) is 0 Å². The predicted octanol–water partition coefficient (Wildman–Crippen LogP) is 4.88. The van der Waals surface area contributed by atoms with Gasteiger partial charge in [0.05, 0.1) is 5.56 Å². The average molecular weight is 342 g/mol. The van der Waals surface area contributed by atoms with Crippen molar-refractivity contribution in [2.45, 2.75) is 23.9 Å². The number of alkyl halides is 3. The van der Waals surface area contributed by atoms with E-state index < -0.39 is 18.1 Å². The molecule has 0 heterocycles. The van der Waals surface area contributed by atoms with Crippen LogP contribution in [0.2, 0.25) is 0 Å². The van der Waals surface area contributed by atoms with E-state index in [0.29, 0.717) is 10.6 Å². The highest BCUT2D eigenvalue weighted by molar-refractivity contribution is 7.98. The minimum atomic E-state index is -4.87. The molecular formula is C16H13F3O3S. The van der Waals surface area contributed by atoms with E-state index >= 15 is 0 Å². The van der Waals surface area contributed by atoms with E-state index in [-0.39, 0.29) is 5.56 Å². The number of carbonyl (C=O) groups is 1. The van der Waals surface area contributed by atoms with Crippen molar-refractivity contribution >= 4 is 17.7 Å². The maximum Gasteiger partial charge on any atom is 0.573 e. The molecule has 23 heavy (non-hydrogen) atoms. The lowest BCUT2D eigenvalue weighted by Crippen LogP contribution is -2.17. The standard InChI is InChI=1S/C16H13F3O3S/c1-10-4-2-3-5-11(10)9-23-14-7-12(15(20)21)6-13(8-14)22-16(17,18)19/h2-8H,9H2,1H3,(H,20,21). The van der Waals surface area contributed by atoms with E-state index in [1.807, 2.05) is 31.2 Å². The van der Waals surface area contributed by atoms with E-state index in [1.54, 1.807) is 0 Å². The molecule has 0 aliphatic carbocycles. The van der Waals surface area contributed by atoms with Crippen LogP contribution in [0.5, 0.6) is 5.75 Å². The maximum absolute atomic E-state index is 12.3. The second-order valence-corrected chi connectivity index (χ2v) is 5.81. The van der Waals surface area contributed by atoms with Crippen LogP contribution in [0, 0.1) is 6.92 Å². The van der Waals surface area contributed by atoms with Gasteiger partial charge in [0, 0.05) is 10.6 Å². The highest BCUT2D eigenvalue weighted by Gasteiger charge is 2.31. The Morgan fingerprint density at radius 1 is 1.22 bits per heavy atom. The molecule has 0 saturated carbocycles. The van der Waals surface area contributed by atoms with Gasteiger partial charge in [0.15, 0.2) is 0 Å². The molecule has 0 spiro atoms. The van der Waals surface area contributed by atoms with Crippen LogP contribution >= 0.6 is 11.8 Å². The van der Waals surface area contributed by atoms with Gasteiger partial charge in [-0.25, -0.2) is 4.79 Å². The van der Waals surface area contributed by atoms with Gasteiger partial charge in [-0.1, -0.05) is 24.3 Å². The third kappa shape index (κ3) is 5.21. The Morgan fingerprint density at radius 2 is 1.91 bits per heavy atom. The summed E-state index contributed by atoms with van der Waals surface area (Å²) < 4.78 is 40.8. The molecule has 0 aromatic heterocycles. The molecule has 0 aliphatic heterocycles. The minimum absolute atomic E-state index is 0.251. The van der Waals surface area contributed by atoms with Gasteiger partial charge in [-0.15, -0.1) is 24.9 Å². The van der Waals surface area contributed by atoms with Gasteiger partial charge in [-0.3, -0.25) is 0 Å². The lowest BCUT2D eigenvalue weighted by Gasteiger charge is -2.12. The highest BCUT2D eigenvalue weighted by atomic mass is 32.2. The molecular weight excluding hydrogens is 329 g/mol. The Labute approximate surface area is 135 Å². The molecule has 0 bridgehead atoms. The molecule has 7 heteroatoms. The monoisotopic (exact) mass is 342 g/mol. The molecule has 0 radical (unpaired) electrons. The summed E-state index contributed by atoms with van der Waals surface area (Å²) in [5, 5.41) is 9.02. The van der Waals surface area contributed by atoms with Crippen molar-refractivity contribution in [2.75, 3.05) is 0 Å². The van der Waals surface area contributed by atoms with Crippen molar-refractivity contribution in [3.63, 3.8) is 0 Å². The first kappa shape index (κ1) is 17.2. The minimum Gasteiger partial charge on any atom is -0.478 e. The molecule has 0 unspecified atom stereocenters. The summed E-state index contributed by atoms with van der Waals surface area (Å²) in [5.74, 6) is -1.33. The van der Waals surface area contributed by atoms with Crippen molar-refractivity contribution in [3.05, 3.63) is 59.2 Å². The molecule has 3 nitrogen and oxygen atoms in total. The second-order valence-electron chi connectivity index (χ2n) is 4.76. The van der Waals surface area contributed by atoms with Gasteiger partial charge in [0.1, 0.15) is 5.75 Å². The molecule has 0 amide bonds. The molecule has 2 rings (SSSR count). The number of benzene rings is 2. The molecule has 2 aromatic rings. The molecule has 1 N–H and O–H groups in total. The van der Waals surface area contributed by atoms with Crippen LogP contribution in [0.3, 0.4) is 0 Å². The normalized spacial score (nSPS) is 11.3. The lowest BCUT2D eigenvalue weighted by atomic mass is 10.1. The quantitative estimate of drug-likeness (QED) is 0.787. The second kappa shape index (κ2) is 6.95. The number of carboxylic acids is 1. The van der Waals surface area contributed by atoms with Crippen LogP contribution in [-0.4, -0.2) is 17.4 Å². The van der Waals surface area contributed by atoms with E-state index in [9.17, 15) is 18.0 Å². The van der Waals surface area contributed by atoms with Crippen LogP contribution in [0.4, 0.5) is 13.2 Å². The van der Waals surface area contributed by atoms with E-state index in [1.165, 1.54) is 23.9 Å². The summed E-state index contributed by atoms with van der Waals surface area (Å²) in [7, 11) is 0. The third-order valence-corrected chi connectivity index (χ3v) is 4.04. The predicted molar refractivity (Wildman–Crippen MR) is 80.8 cm³/mol. The zero-order valence-corrected chi connectivity index (χ0v) is 12.9. The van der Waals surface area contributed by atoms with Crippen molar-refractivity contribution in [1.29, 1.82) is 0 Å². The summed E-state index contributed by atoms with van der Waals surface area (Å²) >= 11 is 1.25. The summed E-state index contributed by atoms with van der Waals surface area (Å²) in [5.41, 5.74) is 1.83. The molecule has 0 fully saturated rings. The summed E-state index contributed by atoms with van der Waals surface area (Å²) in [4.78, 5) is 11.4. The number of aromatic carboxylic acids is 1. The Morgan fingerprint density at radius 3 is 2.52 bits per heavy atom. The number of aryl methyl sites for hydroxylation is 1. The number of rotatable bonds is 5. The van der Waals surface area contributed by atoms with Gasteiger partial charge in [-0.2, -0.15) is 0 Å². The fourth-order valence-electron chi connectivity index (χ4n) is 1.90. The average Bonchev–Trinajstić information content (AvgIpc) is 2.44. The Kier molecular flexibility index (Phi) is 5.20. The van der Waals surface area contributed by atoms with E-state index in [0.717, 1.165) is 17.2 Å². The topological polar surface area (TPSA) is 46.5 Å². The number of halogens is 3.